The first-order chi connectivity index (χ1) is 12.6. The minimum absolute atomic E-state index is 0.00933. The van der Waals surface area contributed by atoms with Crippen molar-refractivity contribution in [1.29, 1.82) is 0 Å². The lowest BCUT2D eigenvalue weighted by Gasteiger charge is -2.43. The van der Waals surface area contributed by atoms with Crippen LogP contribution in [0.2, 0.25) is 0 Å². The monoisotopic (exact) mass is 379 g/mol. The molecule has 1 aliphatic heterocycles. The first kappa shape index (κ1) is 21.3. The maximum atomic E-state index is 13.3. The van der Waals surface area contributed by atoms with E-state index in [1.54, 1.807) is 10.9 Å². The lowest BCUT2D eigenvalue weighted by molar-refractivity contribution is -0.139. The summed E-state index contributed by atoms with van der Waals surface area (Å²) in [5.41, 5.74) is 0.715. The lowest BCUT2D eigenvalue weighted by atomic mass is 9.97. The van der Waals surface area contributed by atoms with Crippen LogP contribution in [0.5, 0.6) is 0 Å². The minimum Gasteiger partial charge on any atom is -0.481 e. The van der Waals surface area contributed by atoms with Crippen LogP contribution in [-0.4, -0.2) is 73.5 Å². The molecule has 0 saturated carbocycles. The van der Waals surface area contributed by atoms with Gasteiger partial charge in [0.1, 0.15) is 6.04 Å². The Morgan fingerprint density at radius 3 is 2.37 bits per heavy atom. The third kappa shape index (κ3) is 5.51. The third-order valence-electron chi connectivity index (χ3n) is 5.41. The van der Waals surface area contributed by atoms with Crippen molar-refractivity contribution in [2.75, 3.05) is 26.2 Å². The smallest absolute Gasteiger partial charge is 0.303 e. The third-order valence-corrected chi connectivity index (χ3v) is 5.41. The maximum absolute atomic E-state index is 13.3. The van der Waals surface area contributed by atoms with E-state index < -0.39 is 12.0 Å². The molecule has 0 spiro atoms. The van der Waals surface area contributed by atoms with Gasteiger partial charge in [0.05, 0.1) is 12.1 Å². The van der Waals surface area contributed by atoms with Crippen LogP contribution in [0.1, 0.15) is 59.2 Å². The zero-order chi connectivity index (χ0) is 20.2. The topological polar surface area (TPSA) is 91.6 Å². The number of piperazine rings is 1. The number of aryl methyl sites for hydroxylation is 1. The molecule has 152 valence electrons. The maximum Gasteiger partial charge on any atom is 0.303 e. The van der Waals surface area contributed by atoms with Crippen molar-refractivity contribution in [3.8, 4) is 0 Å². The fraction of sp³-hybridized carbons (Fsp3) is 0.789. The Kier molecular flexibility index (Phi) is 6.97. The molecule has 1 aromatic heterocycles. The molecule has 1 fully saturated rings. The SMILES string of the molecule is CCC(C)[C@@H](C(=O)N1CCN(C(C)(C)C)CC1)n1cc(CCC(=O)O)nn1. The van der Waals surface area contributed by atoms with Crippen molar-refractivity contribution in [2.24, 2.45) is 5.92 Å². The van der Waals surface area contributed by atoms with Crippen LogP contribution < -0.4 is 0 Å². The van der Waals surface area contributed by atoms with Gasteiger partial charge in [-0.25, -0.2) is 4.68 Å². The average molecular weight is 380 g/mol. The Morgan fingerprint density at radius 2 is 1.85 bits per heavy atom. The van der Waals surface area contributed by atoms with E-state index in [1.807, 2.05) is 11.8 Å². The van der Waals surface area contributed by atoms with E-state index in [9.17, 15) is 9.59 Å². The molecule has 1 unspecified atom stereocenters. The predicted molar refractivity (Wildman–Crippen MR) is 102 cm³/mol. The predicted octanol–water partition coefficient (Wildman–Crippen LogP) is 1.83. The van der Waals surface area contributed by atoms with Gasteiger partial charge >= 0.3 is 5.97 Å². The van der Waals surface area contributed by atoms with E-state index >= 15 is 0 Å². The average Bonchev–Trinajstić information content (AvgIpc) is 3.07. The van der Waals surface area contributed by atoms with Gasteiger partial charge in [0.25, 0.3) is 0 Å². The first-order valence-corrected chi connectivity index (χ1v) is 9.79. The summed E-state index contributed by atoms with van der Waals surface area (Å²) < 4.78 is 1.63. The molecule has 1 aliphatic rings. The van der Waals surface area contributed by atoms with E-state index in [0.717, 1.165) is 19.5 Å². The van der Waals surface area contributed by atoms with Crippen LogP contribution in [0.4, 0.5) is 0 Å². The van der Waals surface area contributed by atoms with Crippen molar-refractivity contribution in [2.45, 2.75) is 65.5 Å². The number of aromatic nitrogens is 3. The molecule has 1 aromatic rings. The van der Waals surface area contributed by atoms with Gasteiger partial charge in [-0.05, 0) is 26.7 Å². The van der Waals surface area contributed by atoms with Gasteiger partial charge in [-0.1, -0.05) is 25.5 Å². The fourth-order valence-electron chi connectivity index (χ4n) is 3.42. The Labute approximate surface area is 161 Å². The number of carbonyl (C=O) groups is 2. The molecule has 2 rings (SSSR count). The minimum atomic E-state index is -0.865. The highest BCUT2D eigenvalue weighted by molar-refractivity contribution is 5.80. The Balaban J connectivity index is 2.10. The number of amides is 1. The van der Waals surface area contributed by atoms with Gasteiger partial charge in [0, 0.05) is 44.3 Å². The highest BCUT2D eigenvalue weighted by Gasteiger charge is 2.34. The van der Waals surface area contributed by atoms with Gasteiger partial charge in [-0.3, -0.25) is 14.5 Å². The van der Waals surface area contributed by atoms with Crippen LogP contribution in [0.25, 0.3) is 0 Å². The second-order valence-electron chi connectivity index (χ2n) is 8.40. The number of carbonyl (C=O) groups excluding carboxylic acids is 1. The molecule has 2 atom stereocenters. The molecule has 0 aromatic carbocycles. The second kappa shape index (κ2) is 8.82. The van der Waals surface area contributed by atoms with Gasteiger partial charge in [-0.2, -0.15) is 0 Å². The van der Waals surface area contributed by atoms with Gasteiger partial charge in [-0.15, -0.1) is 5.10 Å². The summed E-state index contributed by atoms with van der Waals surface area (Å²) in [6, 6.07) is -0.401. The molecular weight excluding hydrogens is 346 g/mol. The van der Waals surface area contributed by atoms with E-state index in [4.69, 9.17) is 5.11 Å². The molecule has 1 amide bonds. The normalized spacial score (nSPS) is 18.3. The quantitative estimate of drug-likeness (QED) is 0.777. The number of aliphatic carboxylic acids is 1. The molecule has 1 saturated heterocycles. The van der Waals surface area contributed by atoms with Crippen LogP contribution in [-0.2, 0) is 16.0 Å². The molecule has 0 bridgehead atoms. The van der Waals surface area contributed by atoms with Crippen molar-refractivity contribution < 1.29 is 14.7 Å². The zero-order valence-corrected chi connectivity index (χ0v) is 17.2. The number of nitrogens with zero attached hydrogens (tertiary/aromatic N) is 5. The van der Waals surface area contributed by atoms with E-state index in [0.29, 0.717) is 25.2 Å². The Bertz CT molecular complexity index is 644. The van der Waals surface area contributed by atoms with Crippen LogP contribution in [0, 0.1) is 5.92 Å². The molecule has 0 aliphatic carbocycles. The second-order valence-corrected chi connectivity index (χ2v) is 8.40. The number of carboxylic acids is 1. The van der Waals surface area contributed by atoms with Crippen LogP contribution >= 0.6 is 0 Å². The molecule has 2 heterocycles. The summed E-state index contributed by atoms with van der Waals surface area (Å²) in [7, 11) is 0. The highest BCUT2D eigenvalue weighted by atomic mass is 16.4. The van der Waals surface area contributed by atoms with Crippen LogP contribution in [0.15, 0.2) is 6.20 Å². The fourth-order valence-corrected chi connectivity index (χ4v) is 3.42. The van der Waals surface area contributed by atoms with Gasteiger partial charge in [0.15, 0.2) is 0 Å². The van der Waals surface area contributed by atoms with Crippen molar-refractivity contribution in [3.05, 3.63) is 11.9 Å². The standard InChI is InChI=1S/C19H33N5O3/c1-6-14(2)17(24-13-15(20-21-24)7-8-16(25)26)18(27)22-9-11-23(12-10-22)19(3,4)5/h13-14,17H,6-12H2,1-5H3,(H,25,26)/t14?,17-/m0/s1. The lowest BCUT2D eigenvalue weighted by Crippen LogP contribution is -2.56. The Morgan fingerprint density at radius 1 is 1.22 bits per heavy atom. The number of hydrogen-bond donors (Lipinski definition) is 1. The Hall–Kier alpha value is -1.96. The first-order valence-electron chi connectivity index (χ1n) is 9.79. The van der Waals surface area contributed by atoms with E-state index in [-0.39, 0.29) is 23.8 Å². The summed E-state index contributed by atoms with van der Waals surface area (Å²) in [4.78, 5) is 28.3. The zero-order valence-electron chi connectivity index (χ0n) is 17.2. The summed E-state index contributed by atoms with van der Waals surface area (Å²) in [6.45, 7) is 13.8. The van der Waals surface area contributed by atoms with Gasteiger partial charge < -0.3 is 10.0 Å². The molecule has 0 radical (unpaired) electrons. The number of hydrogen-bond acceptors (Lipinski definition) is 5. The van der Waals surface area contributed by atoms with E-state index in [1.165, 1.54) is 0 Å². The van der Waals surface area contributed by atoms with Crippen molar-refractivity contribution in [3.63, 3.8) is 0 Å². The largest absolute Gasteiger partial charge is 0.481 e. The molecule has 1 N–H and O–H groups in total. The molecule has 8 heteroatoms. The molecular formula is C19H33N5O3. The van der Waals surface area contributed by atoms with Crippen molar-refractivity contribution >= 4 is 11.9 Å². The van der Waals surface area contributed by atoms with Crippen LogP contribution in [0.3, 0.4) is 0 Å². The number of carboxylic acid groups (broad SMARTS) is 1. The highest BCUT2D eigenvalue weighted by Crippen LogP contribution is 2.25. The number of rotatable bonds is 7. The summed E-state index contributed by atoms with van der Waals surface area (Å²) >= 11 is 0. The van der Waals surface area contributed by atoms with Gasteiger partial charge in [0.2, 0.25) is 5.91 Å². The van der Waals surface area contributed by atoms with E-state index in [2.05, 4.69) is 42.9 Å². The summed E-state index contributed by atoms with van der Waals surface area (Å²) in [6.07, 6.45) is 2.90. The van der Waals surface area contributed by atoms with Crippen molar-refractivity contribution in [1.82, 2.24) is 24.8 Å². The molecule has 8 nitrogen and oxygen atoms in total. The molecule has 27 heavy (non-hydrogen) atoms. The summed E-state index contributed by atoms with van der Waals surface area (Å²) in [5.74, 6) is -0.671. The summed E-state index contributed by atoms with van der Waals surface area (Å²) in [5, 5.41) is 17.1.